The van der Waals surface area contributed by atoms with E-state index >= 15 is 0 Å². The molecule has 0 aromatic carbocycles. The lowest BCUT2D eigenvalue weighted by atomic mass is 9.92. The fourth-order valence-electron chi connectivity index (χ4n) is 3.43. The van der Waals surface area contributed by atoms with Crippen LogP contribution in [0.25, 0.3) is 0 Å². The number of nitrogens with zero attached hydrogens (tertiary/aromatic N) is 2. The molecule has 6 N–H and O–H groups in total. The van der Waals surface area contributed by atoms with Crippen LogP contribution >= 0.6 is 11.9 Å². The van der Waals surface area contributed by atoms with E-state index in [1.807, 2.05) is 33.8 Å². The van der Waals surface area contributed by atoms with E-state index in [9.17, 15) is 9.59 Å². The third kappa shape index (κ3) is 5.40. The third-order valence-corrected chi connectivity index (χ3v) is 6.52. The molecule has 1 unspecified atom stereocenters. The van der Waals surface area contributed by atoms with Crippen molar-refractivity contribution in [1.82, 2.24) is 14.9 Å². The number of aliphatic imine (C=N–C) groups is 1. The van der Waals surface area contributed by atoms with Crippen molar-refractivity contribution in [3.63, 3.8) is 0 Å². The van der Waals surface area contributed by atoms with Crippen molar-refractivity contribution in [2.45, 2.75) is 70.6 Å². The van der Waals surface area contributed by atoms with Crippen LogP contribution in [0.5, 0.6) is 0 Å². The van der Waals surface area contributed by atoms with Gasteiger partial charge in [-0.15, -0.1) is 0 Å². The molecule has 2 heterocycles. The minimum atomic E-state index is -0.588. The molecular formula is C20H32N6O2S. The molecule has 8 nitrogen and oxygen atoms in total. The fourth-order valence-corrected chi connectivity index (χ4v) is 4.59. The van der Waals surface area contributed by atoms with Crippen LogP contribution < -0.4 is 21.5 Å². The molecular weight excluding hydrogens is 388 g/mol. The van der Waals surface area contributed by atoms with Gasteiger partial charge in [0.25, 0.3) is 5.91 Å². The quantitative estimate of drug-likeness (QED) is 0.458. The van der Waals surface area contributed by atoms with Crippen LogP contribution in [-0.4, -0.2) is 52.8 Å². The molecule has 3 rings (SSSR count). The molecule has 160 valence electrons. The van der Waals surface area contributed by atoms with Gasteiger partial charge in [-0.1, -0.05) is 6.08 Å². The van der Waals surface area contributed by atoms with Gasteiger partial charge in [0.1, 0.15) is 17.9 Å². The predicted molar refractivity (Wildman–Crippen MR) is 117 cm³/mol. The lowest BCUT2D eigenvalue weighted by Gasteiger charge is -2.42. The lowest BCUT2D eigenvalue weighted by Crippen LogP contribution is -2.56. The highest BCUT2D eigenvalue weighted by Crippen LogP contribution is 2.36. The van der Waals surface area contributed by atoms with Crippen LogP contribution in [-0.2, 0) is 9.59 Å². The number of carbonyl (C=O) groups excluding carboxylic acids is 2. The summed E-state index contributed by atoms with van der Waals surface area (Å²) in [5, 5.41) is 2.89. The van der Waals surface area contributed by atoms with E-state index in [2.05, 4.69) is 15.0 Å². The van der Waals surface area contributed by atoms with E-state index in [-0.39, 0.29) is 24.1 Å². The Morgan fingerprint density at radius 2 is 2.07 bits per heavy atom. The lowest BCUT2D eigenvalue weighted by molar-refractivity contribution is -0.139. The Morgan fingerprint density at radius 1 is 1.38 bits per heavy atom. The van der Waals surface area contributed by atoms with Gasteiger partial charge in [-0.25, -0.2) is 0 Å². The second-order valence-corrected chi connectivity index (χ2v) is 9.91. The smallest absolute Gasteiger partial charge is 0.271 e. The van der Waals surface area contributed by atoms with Gasteiger partial charge in [-0.3, -0.25) is 19.3 Å². The normalized spacial score (nSPS) is 26.9. The standard InChI is InChI=1S/C20H32N6O2S/c1-12-13(7-8-20(4,22)24-12)10-23-16(27)11-26-18(28)17(21)15(9-19(26,2)3)29-25-14-5-6-14/h7,14,25H,5-6,8-11,21-22H2,1-4H3,(H,23,27). The number of rotatable bonds is 7. The second-order valence-electron chi connectivity index (χ2n) is 8.98. The van der Waals surface area contributed by atoms with Crippen LogP contribution in [0.15, 0.2) is 27.2 Å². The minimum Gasteiger partial charge on any atom is -0.394 e. The van der Waals surface area contributed by atoms with Crippen molar-refractivity contribution in [2.24, 2.45) is 16.5 Å². The first-order valence-corrected chi connectivity index (χ1v) is 10.8. The van der Waals surface area contributed by atoms with Gasteiger partial charge in [-0.05, 0) is 58.1 Å². The van der Waals surface area contributed by atoms with Crippen molar-refractivity contribution in [1.29, 1.82) is 0 Å². The summed E-state index contributed by atoms with van der Waals surface area (Å²) in [5.41, 5.74) is 13.1. The van der Waals surface area contributed by atoms with Gasteiger partial charge in [0.2, 0.25) is 5.91 Å². The number of nitrogens with one attached hydrogen (secondary N) is 2. The first-order valence-electron chi connectivity index (χ1n) is 10.0. The highest BCUT2D eigenvalue weighted by molar-refractivity contribution is 8.01. The van der Waals surface area contributed by atoms with Gasteiger partial charge in [0.05, 0.1) is 0 Å². The zero-order valence-electron chi connectivity index (χ0n) is 17.7. The Bertz CT molecular complexity index is 795. The van der Waals surface area contributed by atoms with Crippen molar-refractivity contribution in [2.75, 3.05) is 13.1 Å². The van der Waals surface area contributed by atoms with Gasteiger partial charge < -0.3 is 21.7 Å². The van der Waals surface area contributed by atoms with E-state index in [4.69, 9.17) is 11.5 Å². The van der Waals surface area contributed by atoms with Crippen molar-refractivity contribution in [3.05, 3.63) is 22.3 Å². The molecule has 1 atom stereocenters. The summed E-state index contributed by atoms with van der Waals surface area (Å²) in [6.45, 7) is 8.02. The molecule has 3 aliphatic rings. The summed E-state index contributed by atoms with van der Waals surface area (Å²) in [6.07, 6.45) is 5.58. The van der Waals surface area contributed by atoms with Crippen LogP contribution in [0.3, 0.4) is 0 Å². The van der Waals surface area contributed by atoms with Gasteiger partial charge in [-0.2, -0.15) is 0 Å². The maximum atomic E-state index is 12.9. The van der Waals surface area contributed by atoms with E-state index in [0.717, 1.165) is 29.0 Å². The summed E-state index contributed by atoms with van der Waals surface area (Å²) in [4.78, 5) is 32.3. The molecule has 1 saturated carbocycles. The van der Waals surface area contributed by atoms with Crippen LogP contribution in [0.2, 0.25) is 0 Å². The van der Waals surface area contributed by atoms with Gasteiger partial charge >= 0.3 is 0 Å². The molecule has 0 radical (unpaired) electrons. The summed E-state index contributed by atoms with van der Waals surface area (Å²) in [5.74, 6) is -0.508. The summed E-state index contributed by atoms with van der Waals surface area (Å²) >= 11 is 1.46. The average molecular weight is 421 g/mol. The fraction of sp³-hybridized carbons (Fsp3) is 0.650. The van der Waals surface area contributed by atoms with Crippen molar-refractivity contribution < 1.29 is 9.59 Å². The maximum Gasteiger partial charge on any atom is 0.271 e. The average Bonchev–Trinajstić information content (AvgIpc) is 3.44. The Labute approximate surface area is 176 Å². The van der Waals surface area contributed by atoms with Gasteiger partial charge in [0.15, 0.2) is 0 Å². The Morgan fingerprint density at radius 3 is 2.69 bits per heavy atom. The molecule has 0 aromatic rings. The molecule has 2 aliphatic heterocycles. The topological polar surface area (TPSA) is 126 Å². The maximum absolute atomic E-state index is 12.9. The number of carbonyl (C=O) groups is 2. The molecule has 0 aromatic heterocycles. The van der Waals surface area contributed by atoms with Gasteiger partial charge in [0, 0.05) is 41.6 Å². The minimum absolute atomic E-state index is 0.0292. The monoisotopic (exact) mass is 420 g/mol. The van der Waals surface area contributed by atoms with Crippen molar-refractivity contribution >= 4 is 29.5 Å². The molecule has 1 aliphatic carbocycles. The van der Waals surface area contributed by atoms with E-state index in [0.29, 0.717) is 25.4 Å². The zero-order valence-corrected chi connectivity index (χ0v) is 18.5. The highest BCUT2D eigenvalue weighted by Gasteiger charge is 2.40. The SMILES string of the molecule is CC1=NC(C)(N)CC=C1CNC(=O)CN1C(=O)C(N)=C(SNC2CC2)CC1(C)C. The first kappa shape index (κ1) is 21.9. The van der Waals surface area contributed by atoms with Crippen LogP contribution in [0, 0.1) is 0 Å². The molecule has 0 spiro atoms. The third-order valence-electron chi connectivity index (χ3n) is 5.45. The number of amides is 2. The van der Waals surface area contributed by atoms with E-state index in [1.165, 1.54) is 11.9 Å². The molecule has 29 heavy (non-hydrogen) atoms. The summed E-state index contributed by atoms with van der Waals surface area (Å²) in [6, 6.07) is 0.514. The van der Waals surface area contributed by atoms with E-state index in [1.54, 1.807) is 4.90 Å². The molecule has 0 bridgehead atoms. The first-order chi connectivity index (χ1) is 13.5. The van der Waals surface area contributed by atoms with Crippen molar-refractivity contribution in [3.8, 4) is 0 Å². The Kier molecular flexibility index (Phi) is 6.12. The largest absolute Gasteiger partial charge is 0.394 e. The highest BCUT2D eigenvalue weighted by atomic mass is 32.2. The molecule has 1 fully saturated rings. The second kappa shape index (κ2) is 8.12. The number of dihydropyridines is 1. The number of hydrogen-bond donors (Lipinski definition) is 4. The zero-order chi connectivity index (χ0) is 21.4. The molecule has 9 heteroatoms. The Hall–Kier alpha value is -1.84. The van der Waals surface area contributed by atoms with Crippen LogP contribution in [0.1, 0.15) is 53.4 Å². The summed E-state index contributed by atoms with van der Waals surface area (Å²) < 4.78 is 3.34. The molecule has 2 amide bonds. The van der Waals surface area contributed by atoms with E-state index < -0.39 is 11.2 Å². The molecule has 0 saturated heterocycles. The number of hydrogen-bond acceptors (Lipinski definition) is 7. The Balaban J connectivity index is 1.58. The summed E-state index contributed by atoms with van der Waals surface area (Å²) in [7, 11) is 0. The van der Waals surface area contributed by atoms with Crippen LogP contribution in [0.4, 0.5) is 0 Å². The predicted octanol–water partition coefficient (Wildman–Crippen LogP) is 1.15. The number of nitrogens with two attached hydrogens (primary N) is 2.